The van der Waals surface area contributed by atoms with Crippen molar-refractivity contribution >= 4 is 5.91 Å². The molecule has 0 aliphatic heterocycles. The van der Waals surface area contributed by atoms with Crippen LogP contribution in [0.4, 0.5) is 13.2 Å². The Morgan fingerprint density at radius 2 is 2.10 bits per heavy atom. The topological polar surface area (TPSA) is 47.2 Å². The highest BCUT2D eigenvalue weighted by atomic mass is 19.4. The number of carbonyl (C=O) groups excluding carboxylic acids is 1. The maximum absolute atomic E-state index is 12.5. The lowest BCUT2D eigenvalue weighted by molar-refractivity contribution is -0.141. The minimum Gasteiger partial charge on any atom is -0.467 e. The van der Waals surface area contributed by atoms with E-state index in [1.165, 1.54) is 19.3 Å². The summed E-state index contributed by atoms with van der Waals surface area (Å²) in [6, 6.07) is 4.85. The van der Waals surface area contributed by atoms with E-state index >= 15 is 0 Å². The number of amides is 1. The number of nitrogens with zero attached hydrogens (tertiary/aromatic N) is 1. The second-order valence-electron chi connectivity index (χ2n) is 4.75. The molecule has 0 bridgehead atoms. The largest absolute Gasteiger partial charge is 0.467 e. The van der Waals surface area contributed by atoms with Crippen LogP contribution in [0, 0.1) is 13.8 Å². The van der Waals surface area contributed by atoms with Crippen LogP contribution >= 0.6 is 0 Å². The van der Waals surface area contributed by atoms with Crippen molar-refractivity contribution in [3.05, 3.63) is 47.2 Å². The van der Waals surface area contributed by atoms with Crippen molar-refractivity contribution < 1.29 is 22.4 Å². The van der Waals surface area contributed by atoms with Gasteiger partial charge in [-0.05, 0) is 32.0 Å². The number of halogens is 3. The van der Waals surface area contributed by atoms with Crippen molar-refractivity contribution in [3.8, 4) is 0 Å². The number of hydrogen-bond acceptors (Lipinski definition) is 2. The summed E-state index contributed by atoms with van der Waals surface area (Å²) in [6.45, 7) is 2.13. The van der Waals surface area contributed by atoms with E-state index in [0.29, 0.717) is 17.1 Å². The molecule has 2 aromatic heterocycles. The molecule has 21 heavy (non-hydrogen) atoms. The molecule has 0 aromatic carbocycles. The van der Waals surface area contributed by atoms with Crippen LogP contribution in [0.1, 0.15) is 27.5 Å². The lowest BCUT2D eigenvalue weighted by Crippen LogP contribution is -2.24. The molecule has 4 nitrogen and oxygen atoms in total. The molecule has 114 valence electrons. The molecular formula is C14H15F3N2O2. The Balaban J connectivity index is 2.13. The van der Waals surface area contributed by atoms with E-state index in [9.17, 15) is 18.0 Å². The van der Waals surface area contributed by atoms with Crippen molar-refractivity contribution in [3.63, 3.8) is 0 Å². The molecule has 0 saturated heterocycles. The van der Waals surface area contributed by atoms with Crippen molar-refractivity contribution in [2.75, 3.05) is 0 Å². The minimum absolute atomic E-state index is 0.189. The Hall–Kier alpha value is -2.18. The van der Waals surface area contributed by atoms with Crippen LogP contribution in [0.2, 0.25) is 0 Å². The van der Waals surface area contributed by atoms with Crippen molar-refractivity contribution in [1.82, 2.24) is 9.88 Å². The Labute approximate surface area is 119 Å². The van der Waals surface area contributed by atoms with Gasteiger partial charge in [-0.15, -0.1) is 0 Å². The van der Waals surface area contributed by atoms with Gasteiger partial charge in [0.15, 0.2) is 0 Å². The van der Waals surface area contributed by atoms with Gasteiger partial charge in [-0.3, -0.25) is 4.79 Å². The van der Waals surface area contributed by atoms with Crippen molar-refractivity contribution in [1.29, 1.82) is 0 Å². The fourth-order valence-corrected chi connectivity index (χ4v) is 2.13. The summed E-state index contributed by atoms with van der Waals surface area (Å²) in [5, 5.41) is 2.62. The van der Waals surface area contributed by atoms with E-state index in [2.05, 4.69) is 5.32 Å². The molecule has 2 rings (SSSR count). The second-order valence-corrected chi connectivity index (χ2v) is 4.75. The SMILES string of the molecule is Cc1cc(C(=O)NCc2ccco2)c(C)n1CC(F)(F)F. The summed E-state index contributed by atoms with van der Waals surface area (Å²) < 4.78 is 43.7. The maximum Gasteiger partial charge on any atom is 0.406 e. The molecule has 0 fully saturated rings. The fourth-order valence-electron chi connectivity index (χ4n) is 2.13. The van der Waals surface area contributed by atoms with E-state index < -0.39 is 18.6 Å². The normalized spacial score (nSPS) is 11.7. The number of nitrogens with one attached hydrogen (secondary N) is 1. The predicted molar refractivity (Wildman–Crippen MR) is 69.8 cm³/mol. The highest BCUT2D eigenvalue weighted by molar-refractivity contribution is 5.95. The Kier molecular flexibility index (Phi) is 4.11. The molecule has 0 unspecified atom stereocenters. The lowest BCUT2D eigenvalue weighted by atomic mass is 10.2. The van der Waals surface area contributed by atoms with Crippen LogP contribution < -0.4 is 5.32 Å². The molecule has 0 aliphatic carbocycles. The number of alkyl halides is 3. The minimum atomic E-state index is -4.32. The second kappa shape index (κ2) is 5.67. The highest BCUT2D eigenvalue weighted by Crippen LogP contribution is 2.23. The third-order valence-electron chi connectivity index (χ3n) is 3.16. The standard InChI is InChI=1S/C14H15F3N2O2/c1-9-6-12(10(2)19(9)8-14(15,16)17)13(20)18-7-11-4-3-5-21-11/h3-6H,7-8H2,1-2H3,(H,18,20). The zero-order valence-corrected chi connectivity index (χ0v) is 11.6. The zero-order chi connectivity index (χ0) is 15.6. The molecule has 7 heteroatoms. The first-order valence-electron chi connectivity index (χ1n) is 6.32. The van der Waals surface area contributed by atoms with Gasteiger partial charge in [0, 0.05) is 11.4 Å². The first-order chi connectivity index (χ1) is 9.78. The number of aryl methyl sites for hydroxylation is 1. The number of rotatable bonds is 4. The van der Waals surface area contributed by atoms with Gasteiger partial charge in [-0.2, -0.15) is 13.2 Å². The molecule has 0 radical (unpaired) electrons. The number of furan rings is 1. The summed E-state index contributed by atoms with van der Waals surface area (Å²) >= 11 is 0. The highest BCUT2D eigenvalue weighted by Gasteiger charge is 2.30. The van der Waals surface area contributed by atoms with Gasteiger partial charge in [-0.1, -0.05) is 0 Å². The molecule has 0 aliphatic rings. The van der Waals surface area contributed by atoms with E-state index in [1.807, 2.05) is 0 Å². The first kappa shape index (κ1) is 15.2. The average molecular weight is 300 g/mol. The van der Waals surface area contributed by atoms with Gasteiger partial charge < -0.3 is 14.3 Å². The van der Waals surface area contributed by atoms with Crippen LogP contribution in [-0.4, -0.2) is 16.7 Å². The van der Waals surface area contributed by atoms with Crippen LogP contribution in [-0.2, 0) is 13.1 Å². The number of aromatic nitrogens is 1. The summed E-state index contributed by atoms with van der Waals surface area (Å²) in [5.74, 6) is 0.153. The molecule has 1 amide bonds. The van der Waals surface area contributed by atoms with E-state index in [1.54, 1.807) is 19.1 Å². The third kappa shape index (κ3) is 3.68. The van der Waals surface area contributed by atoms with E-state index in [0.717, 1.165) is 4.57 Å². The molecule has 2 aromatic rings. The van der Waals surface area contributed by atoms with E-state index in [4.69, 9.17) is 4.42 Å². The van der Waals surface area contributed by atoms with Crippen LogP contribution in [0.5, 0.6) is 0 Å². The van der Waals surface area contributed by atoms with Gasteiger partial charge in [0.1, 0.15) is 12.3 Å². The molecular weight excluding hydrogens is 285 g/mol. The van der Waals surface area contributed by atoms with Gasteiger partial charge in [0.2, 0.25) is 0 Å². The van der Waals surface area contributed by atoms with Crippen molar-refractivity contribution in [2.45, 2.75) is 33.1 Å². The van der Waals surface area contributed by atoms with Gasteiger partial charge >= 0.3 is 6.18 Å². The quantitative estimate of drug-likeness (QED) is 0.942. The number of hydrogen-bond donors (Lipinski definition) is 1. The Morgan fingerprint density at radius 3 is 2.67 bits per heavy atom. The smallest absolute Gasteiger partial charge is 0.406 e. The predicted octanol–water partition coefficient (Wildman–Crippen LogP) is 3.19. The zero-order valence-electron chi connectivity index (χ0n) is 11.6. The molecule has 0 saturated carbocycles. The maximum atomic E-state index is 12.5. The van der Waals surface area contributed by atoms with E-state index in [-0.39, 0.29) is 12.1 Å². The molecule has 0 spiro atoms. The summed E-state index contributed by atoms with van der Waals surface area (Å²) in [6.07, 6.45) is -2.84. The number of carbonyl (C=O) groups is 1. The summed E-state index contributed by atoms with van der Waals surface area (Å²) in [5.41, 5.74) is 0.929. The third-order valence-corrected chi connectivity index (χ3v) is 3.16. The summed E-state index contributed by atoms with van der Waals surface area (Å²) in [4.78, 5) is 12.0. The molecule has 0 atom stereocenters. The van der Waals surface area contributed by atoms with Gasteiger partial charge in [0.05, 0.1) is 18.4 Å². The fraction of sp³-hybridized carbons (Fsp3) is 0.357. The Bertz CT molecular complexity index is 627. The lowest BCUT2D eigenvalue weighted by Gasteiger charge is -2.12. The average Bonchev–Trinajstić information content (AvgIpc) is 2.98. The molecule has 2 heterocycles. The van der Waals surface area contributed by atoms with Crippen LogP contribution in [0.25, 0.3) is 0 Å². The summed E-state index contributed by atoms with van der Waals surface area (Å²) in [7, 11) is 0. The monoisotopic (exact) mass is 300 g/mol. The molecule has 1 N–H and O–H groups in total. The van der Waals surface area contributed by atoms with Crippen LogP contribution in [0.3, 0.4) is 0 Å². The van der Waals surface area contributed by atoms with Crippen LogP contribution in [0.15, 0.2) is 28.9 Å². The van der Waals surface area contributed by atoms with Gasteiger partial charge in [-0.25, -0.2) is 0 Å². The van der Waals surface area contributed by atoms with Crippen molar-refractivity contribution in [2.24, 2.45) is 0 Å². The Morgan fingerprint density at radius 1 is 1.38 bits per heavy atom. The van der Waals surface area contributed by atoms with Gasteiger partial charge in [0.25, 0.3) is 5.91 Å². The first-order valence-corrected chi connectivity index (χ1v) is 6.32.